The Bertz CT molecular complexity index is 983. The largest absolute Gasteiger partial charge is 0.273 e. The zero-order chi connectivity index (χ0) is 18.5. The fraction of sp³-hybridized carbons (Fsp3) is 0.0526. The zero-order valence-electron chi connectivity index (χ0n) is 13.5. The number of carbonyl (C=O) groups excluding carboxylic acids is 2. The van der Waals surface area contributed by atoms with E-state index in [0.717, 1.165) is 15.0 Å². The third kappa shape index (κ3) is 4.47. The predicted octanol–water partition coefficient (Wildman–Crippen LogP) is 4.10. The van der Waals surface area contributed by atoms with Gasteiger partial charge in [0.2, 0.25) is 5.91 Å². The molecule has 26 heavy (non-hydrogen) atoms. The number of carbonyl (C=O) groups is 2. The van der Waals surface area contributed by atoms with Gasteiger partial charge in [0.15, 0.2) is 0 Å². The van der Waals surface area contributed by atoms with Crippen LogP contribution in [0.2, 0.25) is 5.02 Å². The standard InChI is InChI=1S/C19H14ClFN2O2S/c20-19-14-3-1-2-4-15(14)26-16(19)9-10-17(24)22-23-18(25)11-12-5-7-13(21)8-6-12/h1-10H,11H2,(H,22,24)(H,23,25)/b10-9+. The second-order valence-corrected chi connectivity index (χ2v) is 6.91. The first-order chi connectivity index (χ1) is 12.5. The number of fused-ring (bicyclic) bond motifs is 1. The molecule has 0 radical (unpaired) electrons. The topological polar surface area (TPSA) is 58.2 Å². The highest BCUT2D eigenvalue weighted by Crippen LogP contribution is 2.35. The van der Waals surface area contributed by atoms with E-state index in [0.29, 0.717) is 10.6 Å². The first kappa shape index (κ1) is 18.1. The van der Waals surface area contributed by atoms with Gasteiger partial charge in [-0.1, -0.05) is 41.9 Å². The molecule has 2 N–H and O–H groups in total. The van der Waals surface area contributed by atoms with E-state index in [9.17, 15) is 14.0 Å². The normalized spacial score (nSPS) is 11.0. The molecule has 4 nitrogen and oxygen atoms in total. The van der Waals surface area contributed by atoms with Crippen LogP contribution in [-0.4, -0.2) is 11.8 Å². The number of nitrogens with one attached hydrogen (secondary N) is 2. The highest BCUT2D eigenvalue weighted by atomic mass is 35.5. The molecule has 1 aromatic heterocycles. The average molecular weight is 389 g/mol. The van der Waals surface area contributed by atoms with Gasteiger partial charge in [0.25, 0.3) is 5.91 Å². The van der Waals surface area contributed by atoms with Gasteiger partial charge in [-0.15, -0.1) is 11.3 Å². The van der Waals surface area contributed by atoms with Crippen molar-refractivity contribution in [1.29, 1.82) is 0 Å². The van der Waals surface area contributed by atoms with Gasteiger partial charge in [-0.05, 0) is 29.8 Å². The number of hydrogen-bond acceptors (Lipinski definition) is 3. The molecule has 3 rings (SSSR count). The van der Waals surface area contributed by atoms with Crippen LogP contribution >= 0.6 is 22.9 Å². The molecule has 2 aromatic carbocycles. The smallest absolute Gasteiger partial charge is 0.262 e. The fourth-order valence-corrected chi connectivity index (χ4v) is 3.70. The van der Waals surface area contributed by atoms with Crippen LogP contribution in [0.1, 0.15) is 10.4 Å². The molecule has 0 unspecified atom stereocenters. The summed E-state index contributed by atoms with van der Waals surface area (Å²) in [6.45, 7) is 0. The van der Waals surface area contributed by atoms with Gasteiger partial charge >= 0.3 is 0 Å². The van der Waals surface area contributed by atoms with Crippen LogP contribution in [0.25, 0.3) is 16.2 Å². The molecule has 0 bridgehead atoms. The molecule has 3 aromatic rings. The van der Waals surface area contributed by atoms with E-state index < -0.39 is 11.8 Å². The van der Waals surface area contributed by atoms with Crippen molar-refractivity contribution in [1.82, 2.24) is 10.9 Å². The van der Waals surface area contributed by atoms with Crippen LogP contribution in [0.4, 0.5) is 4.39 Å². The average Bonchev–Trinajstić information content (AvgIpc) is 2.96. The third-order valence-corrected chi connectivity index (χ3v) is 5.20. The number of benzene rings is 2. The molecule has 0 fully saturated rings. The molecule has 7 heteroatoms. The molecule has 0 saturated carbocycles. The number of rotatable bonds is 4. The summed E-state index contributed by atoms with van der Waals surface area (Å²) in [7, 11) is 0. The lowest BCUT2D eigenvalue weighted by molar-refractivity contribution is -0.126. The highest BCUT2D eigenvalue weighted by Gasteiger charge is 2.08. The number of hydrogen-bond donors (Lipinski definition) is 2. The summed E-state index contributed by atoms with van der Waals surface area (Å²) in [5, 5.41) is 1.53. The van der Waals surface area contributed by atoms with Crippen molar-refractivity contribution < 1.29 is 14.0 Å². The number of halogens is 2. The number of thiophene rings is 1. The first-order valence-electron chi connectivity index (χ1n) is 7.71. The summed E-state index contributed by atoms with van der Waals surface area (Å²) in [5.41, 5.74) is 5.25. The summed E-state index contributed by atoms with van der Waals surface area (Å²) in [5.74, 6) is -1.25. The van der Waals surface area contributed by atoms with Gasteiger partial charge in [-0.25, -0.2) is 4.39 Å². The second-order valence-electron chi connectivity index (χ2n) is 5.45. The van der Waals surface area contributed by atoms with Crippen LogP contribution in [0.15, 0.2) is 54.6 Å². The monoisotopic (exact) mass is 388 g/mol. The van der Waals surface area contributed by atoms with E-state index in [1.807, 2.05) is 24.3 Å². The van der Waals surface area contributed by atoms with E-state index in [2.05, 4.69) is 10.9 Å². The van der Waals surface area contributed by atoms with Crippen LogP contribution in [0.3, 0.4) is 0 Å². The minimum absolute atomic E-state index is 0.0341. The Kier molecular flexibility index (Phi) is 5.65. The lowest BCUT2D eigenvalue weighted by Gasteiger charge is -2.05. The molecule has 0 aliphatic heterocycles. The van der Waals surface area contributed by atoms with Crippen LogP contribution in [0, 0.1) is 5.82 Å². The van der Waals surface area contributed by atoms with E-state index in [4.69, 9.17) is 11.6 Å². The quantitative estimate of drug-likeness (QED) is 0.522. The molecule has 2 amide bonds. The van der Waals surface area contributed by atoms with Crippen molar-refractivity contribution >= 4 is 50.9 Å². The SMILES string of the molecule is O=C(/C=C/c1sc2ccccc2c1Cl)NNC(=O)Cc1ccc(F)cc1. The summed E-state index contributed by atoms with van der Waals surface area (Å²) in [6, 6.07) is 13.3. The van der Waals surface area contributed by atoms with Crippen molar-refractivity contribution in [2.24, 2.45) is 0 Å². The zero-order valence-corrected chi connectivity index (χ0v) is 15.0. The second kappa shape index (κ2) is 8.12. The molecule has 132 valence electrons. The molecule has 0 spiro atoms. The first-order valence-corrected chi connectivity index (χ1v) is 8.91. The number of amides is 2. The van der Waals surface area contributed by atoms with Crippen LogP contribution in [0.5, 0.6) is 0 Å². The molecule has 0 aliphatic carbocycles. The molecule has 0 atom stereocenters. The summed E-state index contributed by atoms with van der Waals surface area (Å²) >= 11 is 7.78. The Morgan fingerprint density at radius 2 is 1.81 bits per heavy atom. The van der Waals surface area contributed by atoms with Crippen molar-refractivity contribution in [3.63, 3.8) is 0 Å². The Labute approximate surface area is 158 Å². The van der Waals surface area contributed by atoms with Gasteiger partial charge < -0.3 is 0 Å². The summed E-state index contributed by atoms with van der Waals surface area (Å²) < 4.78 is 13.9. The van der Waals surface area contributed by atoms with E-state index in [1.165, 1.54) is 41.7 Å². The van der Waals surface area contributed by atoms with Crippen molar-refractivity contribution in [3.05, 3.63) is 75.9 Å². The van der Waals surface area contributed by atoms with Gasteiger partial charge in [0.1, 0.15) is 5.82 Å². The predicted molar refractivity (Wildman–Crippen MR) is 102 cm³/mol. The molecule has 1 heterocycles. The third-order valence-electron chi connectivity index (χ3n) is 3.55. The van der Waals surface area contributed by atoms with Gasteiger partial charge in [-0.3, -0.25) is 20.4 Å². The maximum Gasteiger partial charge on any atom is 0.262 e. The molecule has 0 aliphatic rings. The Balaban J connectivity index is 1.54. The molecular weight excluding hydrogens is 375 g/mol. The molecule has 0 saturated heterocycles. The maximum absolute atomic E-state index is 12.8. The summed E-state index contributed by atoms with van der Waals surface area (Å²) in [6.07, 6.45) is 2.94. The highest BCUT2D eigenvalue weighted by molar-refractivity contribution is 7.20. The van der Waals surface area contributed by atoms with Crippen molar-refractivity contribution in [2.75, 3.05) is 0 Å². The number of hydrazine groups is 1. The lowest BCUT2D eigenvalue weighted by atomic mass is 10.1. The van der Waals surface area contributed by atoms with Gasteiger partial charge in [0, 0.05) is 21.0 Å². The van der Waals surface area contributed by atoms with Crippen molar-refractivity contribution in [3.8, 4) is 0 Å². The minimum atomic E-state index is -0.481. The minimum Gasteiger partial charge on any atom is -0.273 e. The van der Waals surface area contributed by atoms with E-state index in [1.54, 1.807) is 6.08 Å². The summed E-state index contributed by atoms with van der Waals surface area (Å²) in [4.78, 5) is 24.4. The molecular formula is C19H14ClFN2O2S. The van der Waals surface area contributed by atoms with E-state index >= 15 is 0 Å². The van der Waals surface area contributed by atoms with Crippen LogP contribution < -0.4 is 10.9 Å². The lowest BCUT2D eigenvalue weighted by Crippen LogP contribution is -2.41. The van der Waals surface area contributed by atoms with Crippen molar-refractivity contribution in [2.45, 2.75) is 6.42 Å². The van der Waals surface area contributed by atoms with Crippen LogP contribution in [-0.2, 0) is 16.0 Å². The van der Waals surface area contributed by atoms with Gasteiger partial charge in [0.05, 0.1) is 11.4 Å². The van der Waals surface area contributed by atoms with Gasteiger partial charge in [-0.2, -0.15) is 0 Å². The Morgan fingerprint density at radius 1 is 1.08 bits per heavy atom. The Hall–Kier alpha value is -2.70. The fourth-order valence-electron chi connectivity index (χ4n) is 2.30. The maximum atomic E-state index is 12.8. The Morgan fingerprint density at radius 3 is 2.54 bits per heavy atom. The van der Waals surface area contributed by atoms with E-state index in [-0.39, 0.29) is 12.2 Å².